The first-order valence-electron chi connectivity index (χ1n) is 17.4. The topological polar surface area (TPSA) is 59.3 Å². The minimum Gasteiger partial charge on any atom is -0.494 e. The zero-order valence-corrected chi connectivity index (χ0v) is 33.2. The van der Waals surface area contributed by atoms with Crippen LogP contribution in [0, 0.1) is 11.8 Å². The molecule has 0 bridgehead atoms. The first-order valence-corrected chi connectivity index (χ1v) is 21.7. The first kappa shape index (κ1) is 36.9. The van der Waals surface area contributed by atoms with Gasteiger partial charge in [-0.3, -0.25) is 0 Å². The molecular weight excluding hydrogens is 577 g/mol. The van der Waals surface area contributed by atoms with E-state index >= 15 is 0 Å². The lowest BCUT2D eigenvalue weighted by molar-refractivity contribution is 0.126. The predicted molar refractivity (Wildman–Crippen MR) is 196 cm³/mol. The van der Waals surface area contributed by atoms with E-state index in [0.717, 1.165) is 38.9 Å². The maximum Gasteiger partial charge on any atom is 0.201 e. The summed E-state index contributed by atoms with van der Waals surface area (Å²) >= 11 is 0. The van der Waals surface area contributed by atoms with Crippen molar-refractivity contribution in [2.45, 2.75) is 156 Å². The molecule has 0 aliphatic carbocycles. The Hall–Kier alpha value is -1.55. The van der Waals surface area contributed by atoms with Gasteiger partial charge in [-0.05, 0) is 63.3 Å². The Bertz CT molecular complexity index is 1220. The lowest BCUT2D eigenvalue weighted by atomic mass is 10.0. The average Bonchev–Trinajstić information content (AvgIpc) is 3.50. The molecule has 44 heavy (non-hydrogen) atoms. The summed E-state index contributed by atoms with van der Waals surface area (Å²) in [5.41, 5.74) is 7.58. The molecule has 7 heteroatoms. The van der Waals surface area contributed by atoms with Gasteiger partial charge >= 0.3 is 0 Å². The number of H-pyrrole nitrogens is 2. The zero-order chi connectivity index (χ0) is 33.5. The summed E-state index contributed by atoms with van der Waals surface area (Å²) in [5.74, 6) is 1.56. The van der Waals surface area contributed by atoms with Crippen molar-refractivity contribution in [2.24, 2.45) is 11.8 Å². The largest absolute Gasteiger partial charge is 0.494 e. The number of hydrogen-bond acceptors (Lipinski definition) is 3. The van der Waals surface area contributed by atoms with E-state index < -0.39 is 16.6 Å². The number of aromatic nitrogens is 2. The third kappa shape index (κ3) is 6.50. The highest BCUT2D eigenvalue weighted by Crippen LogP contribution is 2.49. The Morgan fingerprint density at radius 1 is 0.523 bits per heavy atom. The van der Waals surface area contributed by atoms with Gasteiger partial charge in [0.25, 0.3) is 0 Å². The minimum absolute atomic E-state index is 0.000204. The molecule has 0 unspecified atom stereocenters. The van der Waals surface area contributed by atoms with Gasteiger partial charge in [0.2, 0.25) is 16.6 Å². The molecule has 0 saturated heterocycles. The lowest BCUT2D eigenvalue weighted by Gasteiger charge is -2.45. The zero-order valence-electron chi connectivity index (χ0n) is 31.2. The third-order valence-electron chi connectivity index (χ3n) is 10.6. The maximum atomic E-state index is 7.38. The normalized spacial score (nSPS) is 15.2. The number of aromatic amines is 2. The second kappa shape index (κ2) is 14.1. The summed E-state index contributed by atoms with van der Waals surface area (Å²) in [4.78, 5) is 7.61. The molecule has 0 amide bonds. The lowest BCUT2D eigenvalue weighted by Crippen LogP contribution is -2.49. The van der Waals surface area contributed by atoms with Crippen molar-refractivity contribution in [1.29, 1.82) is 0 Å². The van der Waals surface area contributed by atoms with E-state index in [0.29, 0.717) is 45.1 Å². The van der Waals surface area contributed by atoms with Gasteiger partial charge in [0, 0.05) is 22.2 Å². The van der Waals surface area contributed by atoms with Crippen LogP contribution in [-0.4, -0.2) is 33.7 Å². The highest BCUT2D eigenvalue weighted by molar-refractivity contribution is 6.78. The van der Waals surface area contributed by atoms with E-state index in [4.69, 9.17) is 13.6 Å². The molecule has 0 radical (unpaired) electrons. The van der Waals surface area contributed by atoms with E-state index in [9.17, 15) is 0 Å². The highest BCUT2D eigenvalue weighted by atomic mass is 28.4. The van der Waals surface area contributed by atoms with Crippen LogP contribution in [0.3, 0.4) is 0 Å². The molecule has 3 aromatic rings. The molecule has 0 saturated carbocycles. The van der Waals surface area contributed by atoms with Gasteiger partial charge in [-0.25, -0.2) is 0 Å². The fourth-order valence-corrected chi connectivity index (χ4v) is 20.1. The van der Waals surface area contributed by atoms with Crippen molar-refractivity contribution in [3.05, 3.63) is 29.6 Å². The Labute approximate surface area is 271 Å². The molecule has 0 fully saturated rings. The Balaban J connectivity index is 2.16. The molecule has 2 N–H and O–H groups in total. The number of rotatable bonds is 15. The van der Waals surface area contributed by atoms with Crippen molar-refractivity contribution < 1.29 is 13.6 Å². The second-order valence-corrected chi connectivity index (χ2v) is 26.8. The fourth-order valence-electron chi connectivity index (χ4n) is 8.77. The fraction of sp³-hybridized carbons (Fsp3) is 0.730. The molecule has 3 rings (SSSR count). The van der Waals surface area contributed by atoms with E-state index in [1.54, 1.807) is 7.11 Å². The number of fused-ring (bicyclic) bond motifs is 2. The average molecular weight is 643 g/mol. The molecule has 1 aromatic carbocycles. The van der Waals surface area contributed by atoms with Crippen molar-refractivity contribution in [3.63, 3.8) is 0 Å². The van der Waals surface area contributed by atoms with Crippen molar-refractivity contribution >= 4 is 38.4 Å². The smallest absolute Gasteiger partial charge is 0.201 e. The molecule has 2 atom stereocenters. The molecule has 5 nitrogen and oxygen atoms in total. The summed E-state index contributed by atoms with van der Waals surface area (Å²) in [6.45, 7) is 37.5. The number of nitrogens with one attached hydrogen (secondary N) is 2. The Morgan fingerprint density at radius 3 is 1.25 bits per heavy atom. The molecule has 0 aliphatic rings. The van der Waals surface area contributed by atoms with Gasteiger partial charge in [0.05, 0.1) is 30.4 Å². The molecule has 2 aromatic heterocycles. The van der Waals surface area contributed by atoms with Gasteiger partial charge in [-0.15, -0.1) is 0 Å². The summed E-state index contributed by atoms with van der Waals surface area (Å²) in [6.07, 6.45) is -0.000409. The van der Waals surface area contributed by atoms with E-state index in [-0.39, 0.29) is 12.2 Å². The predicted octanol–water partition coefficient (Wildman–Crippen LogP) is 12.4. The van der Waals surface area contributed by atoms with Crippen molar-refractivity contribution in [3.8, 4) is 5.75 Å². The third-order valence-corrected chi connectivity index (χ3v) is 22.8. The molecule has 0 spiro atoms. The summed E-state index contributed by atoms with van der Waals surface area (Å²) in [5, 5.41) is 2.25. The number of ether oxygens (including phenoxy) is 1. The van der Waals surface area contributed by atoms with Crippen molar-refractivity contribution in [2.75, 3.05) is 7.11 Å². The van der Waals surface area contributed by atoms with Crippen LogP contribution in [0.1, 0.15) is 134 Å². The standard InChI is InChI=1S/C37H66N2O3Si2/c1-21(2)35(41-43(23(5)6,24(7)8)25(9)10)32-19-29-18-31-30(37(40-17)34(29)39-32)20-33(38-31)36(22(3)4)42-44(26(11)12,27(13)14)28(15)16/h18-28,35-36,38-39H,1-17H3/t35-,36-/m1/s1. The van der Waals surface area contributed by atoms with Crippen LogP contribution in [0.15, 0.2) is 18.2 Å². The molecule has 0 aliphatic heterocycles. The Kier molecular flexibility index (Phi) is 11.8. The van der Waals surface area contributed by atoms with Crippen LogP contribution in [-0.2, 0) is 8.85 Å². The second-order valence-electron chi connectivity index (χ2n) is 16.0. The molecular formula is C37H66N2O3Si2. The van der Waals surface area contributed by atoms with E-state index in [2.05, 4.69) is 139 Å². The maximum absolute atomic E-state index is 7.38. The summed E-state index contributed by atoms with van der Waals surface area (Å²) < 4.78 is 20.9. The summed E-state index contributed by atoms with van der Waals surface area (Å²) in [7, 11) is -2.38. The van der Waals surface area contributed by atoms with E-state index in [1.165, 1.54) is 0 Å². The monoisotopic (exact) mass is 642 g/mol. The quantitative estimate of drug-likeness (QED) is 0.162. The SMILES string of the molecule is COc1c2cc([C@H](O[Si](C(C)C)(C(C)C)C(C)C)C(C)C)[nH]c2cc2cc([C@H](O[Si](C(C)C)(C(C)C)C(C)C)C(C)C)[nH]c12. The van der Waals surface area contributed by atoms with Gasteiger partial charge in [-0.2, -0.15) is 0 Å². The van der Waals surface area contributed by atoms with Crippen LogP contribution >= 0.6 is 0 Å². The molecule has 2 heterocycles. The van der Waals surface area contributed by atoms with Gasteiger partial charge in [0.1, 0.15) is 0 Å². The number of hydrogen-bond donors (Lipinski definition) is 2. The van der Waals surface area contributed by atoms with Crippen LogP contribution in [0.25, 0.3) is 21.8 Å². The van der Waals surface area contributed by atoms with Crippen molar-refractivity contribution in [1.82, 2.24) is 9.97 Å². The first-order chi connectivity index (χ1) is 20.4. The number of methoxy groups -OCH3 is 1. The van der Waals surface area contributed by atoms with Crippen LogP contribution in [0.2, 0.25) is 33.2 Å². The Morgan fingerprint density at radius 2 is 0.909 bits per heavy atom. The van der Waals surface area contributed by atoms with Crippen LogP contribution < -0.4 is 4.74 Å². The summed E-state index contributed by atoms with van der Waals surface area (Å²) in [6, 6.07) is 6.86. The number of benzene rings is 1. The van der Waals surface area contributed by atoms with Crippen LogP contribution in [0.5, 0.6) is 5.75 Å². The van der Waals surface area contributed by atoms with Gasteiger partial charge in [0.15, 0.2) is 5.75 Å². The highest BCUT2D eigenvalue weighted by Gasteiger charge is 2.48. The van der Waals surface area contributed by atoms with Gasteiger partial charge < -0.3 is 23.6 Å². The van der Waals surface area contributed by atoms with E-state index in [1.807, 2.05) is 0 Å². The minimum atomic E-state index is -2.09. The van der Waals surface area contributed by atoms with Crippen LogP contribution in [0.4, 0.5) is 0 Å². The molecule has 250 valence electrons. The van der Waals surface area contributed by atoms with Gasteiger partial charge in [-0.1, -0.05) is 111 Å².